The van der Waals surface area contributed by atoms with Crippen molar-refractivity contribution in [3.8, 4) is 11.1 Å². The average molecular weight is 460 g/mol. The molecule has 2 saturated carbocycles. The average Bonchev–Trinajstić information content (AvgIpc) is 3.74. The van der Waals surface area contributed by atoms with E-state index in [0.29, 0.717) is 23.9 Å². The number of carbonyl (C=O) groups is 1. The predicted octanol–water partition coefficient (Wildman–Crippen LogP) is 3.85. The number of ether oxygens (including phenoxy) is 1. The minimum absolute atomic E-state index is 0.117. The molecule has 1 amide bonds. The number of aromatic nitrogens is 2. The van der Waals surface area contributed by atoms with E-state index < -0.39 is 0 Å². The van der Waals surface area contributed by atoms with Crippen LogP contribution < -0.4 is 10.6 Å². The molecule has 2 atom stereocenters. The molecule has 7 heteroatoms. The van der Waals surface area contributed by atoms with E-state index in [2.05, 4.69) is 27.4 Å². The SMILES string of the molecule is C=Cc1cc(-c2cc(N)c(N3CCN(C(=O)C[C@H]4CCO4)[C@H](C4CC4)C3)nc2C2CC2)ccn1. The van der Waals surface area contributed by atoms with E-state index >= 15 is 0 Å². The molecule has 0 unspecified atom stereocenters. The minimum atomic E-state index is 0.117. The van der Waals surface area contributed by atoms with Crippen LogP contribution in [0.25, 0.3) is 17.2 Å². The number of hydrogen-bond acceptors (Lipinski definition) is 6. The summed E-state index contributed by atoms with van der Waals surface area (Å²) in [5.74, 6) is 2.20. The van der Waals surface area contributed by atoms with Crippen LogP contribution in [0.2, 0.25) is 0 Å². The monoisotopic (exact) mass is 459 g/mol. The number of hydrogen-bond donors (Lipinski definition) is 1. The van der Waals surface area contributed by atoms with E-state index in [9.17, 15) is 4.79 Å². The van der Waals surface area contributed by atoms with Crippen LogP contribution in [0.15, 0.2) is 31.0 Å². The van der Waals surface area contributed by atoms with Crippen LogP contribution in [-0.4, -0.2) is 59.2 Å². The fraction of sp³-hybridized carbons (Fsp3) is 0.519. The molecule has 2 aromatic heterocycles. The molecule has 0 radical (unpaired) electrons. The number of nitrogens with zero attached hydrogens (tertiary/aromatic N) is 4. The second-order valence-electron chi connectivity index (χ2n) is 10.2. The van der Waals surface area contributed by atoms with Crippen molar-refractivity contribution in [1.29, 1.82) is 0 Å². The quantitative estimate of drug-likeness (QED) is 0.677. The fourth-order valence-electron chi connectivity index (χ4n) is 5.37. The summed E-state index contributed by atoms with van der Waals surface area (Å²) in [5.41, 5.74) is 11.5. The lowest BCUT2D eigenvalue weighted by Gasteiger charge is -2.43. The highest BCUT2D eigenvalue weighted by Crippen LogP contribution is 2.46. The van der Waals surface area contributed by atoms with Crippen LogP contribution in [0.5, 0.6) is 0 Å². The van der Waals surface area contributed by atoms with Crippen molar-refractivity contribution in [2.75, 3.05) is 36.9 Å². The molecular weight excluding hydrogens is 426 g/mol. The number of nitrogen functional groups attached to an aromatic ring is 1. The summed E-state index contributed by atoms with van der Waals surface area (Å²) in [6.07, 6.45) is 9.95. The number of amides is 1. The van der Waals surface area contributed by atoms with Gasteiger partial charge in [0.1, 0.15) is 0 Å². The summed E-state index contributed by atoms with van der Waals surface area (Å²) >= 11 is 0. The van der Waals surface area contributed by atoms with Gasteiger partial charge in [0.2, 0.25) is 5.91 Å². The highest BCUT2D eigenvalue weighted by atomic mass is 16.5. The van der Waals surface area contributed by atoms with Gasteiger partial charge in [-0.15, -0.1) is 0 Å². The maximum absolute atomic E-state index is 13.0. The van der Waals surface area contributed by atoms with Crippen molar-refractivity contribution in [3.63, 3.8) is 0 Å². The summed E-state index contributed by atoms with van der Waals surface area (Å²) < 4.78 is 5.52. The first-order valence-corrected chi connectivity index (χ1v) is 12.7. The van der Waals surface area contributed by atoms with Gasteiger partial charge < -0.3 is 20.3 Å². The van der Waals surface area contributed by atoms with Gasteiger partial charge in [0.05, 0.1) is 35.6 Å². The molecule has 4 aliphatic rings. The Bertz CT molecular complexity index is 1110. The van der Waals surface area contributed by atoms with Crippen molar-refractivity contribution < 1.29 is 9.53 Å². The van der Waals surface area contributed by atoms with Crippen LogP contribution in [0.4, 0.5) is 11.5 Å². The Kier molecular flexibility index (Phi) is 5.52. The Morgan fingerprint density at radius 3 is 2.71 bits per heavy atom. The lowest BCUT2D eigenvalue weighted by molar-refractivity contribution is -0.142. The Labute approximate surface area is 201 Å². The first-order valence-electron chi connectivity index (χ1n) is 12.7. The Morgan fingerprint density at radius 2 is 2.03 bits per heavy atom. The molecule has 4 heterocycles. The number of nitrogens with two attached hydrogens (primary N) is 1. The second kappa shape index (κ2) is 8.69. The lowest BCUT2D eigenvalue weighted by Crippen LogP contribution is -2.57. The third-order valence-electron chi connectivity index (χ3n) is 7.73. The molecule has 0 aromatic carbocycles. The van der Waals surface area contributed by atoms with Gasteiger partial charge in [-0.05, 0) is 67.9 Å². The maximum Gasteiger partial charge on any atom is 0.225 e. The summed E-state index contributed by atoms with van der Waals surface area (Å²) in [5, 5.41) is 0. The van der Waals surface area contributed by atoms with E-state index in [1.54, 1.807) is 6.08 Å². The topological polar surface area (TPSA) is 84.6 Å². The van der Waals surface area contributed by atoms with Gasteiger partial charge in [-0.1, -0.05) is 6.58 Å². The molecule has 6 rings (SSSR count). The van der Waals surface area contributed by atoms with E-state index in [4.69, 9.17) is 15.5 Å². The summed E-state index contributed by atoms with van der Waals surface area (Å²) in [7, 11) is 0. The molecule has 0 bridgehead atoms. The number of rotatable bonds is 7. The number of piperazine rings is 1. The zero-order valence-corrected chi connectivity index (χ0v) is 19.7. The standard InChI is InChI=1S/C27H33N5O2/c1-2-20-13-19(7-9-29-20)22-15-23(28)27(30-26(22)18-5-6-18)31-10-11-32(24(16-31)17-3-4-17)25(33)14-21-8-12-34-21/h2,7,9,13,15,17-18,21,24H,1,3-6,8,10-12,14,16,28H2/t21-,24+/m1/s1. The first kappa shape index (κ1) is 21.6. The highest BCUT2D eigenvalue weighted by Gasteiger charge is 2.42. The van der Waals surface area contributed by atoms with Gasteiger partial charge in [0, 0.05) is 43.9 Å². The number of carbonyl (C=O) groups excluding carboxylic acids is 1. The summed E-state index contributed by atoms with van der Waals surface area (Å²) in [6.45, 7) is 6.93. The molecule has 4 fully saturated rings. The molecular formula is C27H33N5O2. The second-order valence-corrected chi connectivity index (χ2v) is 10.2. The molecule has 2 N–H and O–H groups in total. The Hall–Kier alpha value is -2.93. The molecule has 0 spiro atoms. The highest BCUT2D eigenvalue weighted by molar-refractivity contribution is 5.79. The van der Waals surface area contributed by atoms with Crippen LogP contribution >= 0.6 is 0 Å². The van der Waals surface area contributed by atoms with Crippen molar-refractivity contribution >= 4 is 23.5 Å². The molecule has 2 aliphatic carbocycles. The van der Waals surface area contributed by atoms with Gasteiger partial charge in [-0.25, -0.2) is 4.98 Å². The number of pyridine rings is 2. The summed E-state index contributed by atoms with van der Waals surface area (Å²) in [6, 6.07) is 6.40. The zero-order chi connectivity index (χ0) is 23.2. The molecule has 7 nitrogen and oxygen atoms in total. The van der Waals surface area contributed by atoms with Gasteiger partial charge in [0.25, 0.3) is 0 Å². The van der Waals surface area contributed by atoms with Crippen LogP contribution in [-0.2, 0) is 9.53 Å². The van der Waals surface area contributed by atoms with Crippen molar-refractivity contribution in [1.82, 2.24) is 14.9 Å². The fourth-order valence-corrected chi connectivity index (χ4v) is 5.37. The van der Waals surface area contributed by atoms with E-state index in [1.165, 1.54) is 25.7 Å². The normalized spacial score (nSPS) is 24.6. The maximum atomic E-state index is 13.0. The Balaban J connectivity index is 1.27. The third kappa shape index (κ3) is 4.17. The van der Waals surface area contributed by atoms with Crippen LogP contribution in [0.3, 0.4) is 0 Å². The van der Waals surface area contributed by atoms with Crippen molar-refractivity contribution in [3.05, 3.63) is 42.4 Å². The van der Waals surface area contributed by atoms with E-state index in [-0.39, 0.29) is 18.1 Å². The van der Waals surface area contributed by atoms with Crippen LogP contribution in [0.1, 0.15) is 55.8 Å². The first-order chi connectivity index (χ1) is 16.6. The van der Waals surface area contributed by atoms with Gasteiger partial charge in [0.15, 0.2) is 5.82 Å². The molecule has 2 aromatic rings. The molecule has 34 heavy (non-hydrogen) atoms. The summed E-state index contributed by atoms with van der Waals surface area (Å²) in [4.78, 5) is 27.0. The minimum Gasteiger partial charge on any atom is -0.396 e. The van der Waals surface area contributed by atoms with E-state index in [1.807, 2.05) is 18.3 Å². The number of anilines is 2. The van der Waals surface area contributed by atoms with Crippen LogP contribution in [0, 0.1) is 5.92 Å². The van der Waals surface area contributed by atoms with E-state index in [0.717, 1.165) is 61.0 Å². The molecule has 2 saturated heterocycles. The third-order valence-corrected chi connectivity index (χ3v) is 7.73. The lowest BCUT2D eigenvalue weighted by atomic mass is 10.00. The van der Waals surface area contributed by atoms with Gasteiger partial charge in [-0.2, -0.15) is 0 Å². The smallest absolute Gasteiger partial charge is 0.225 e. The van der Waals surface area contributed by atoms with Gasteiger partial charge >= 0.3 is 0 Å². The van der Waals surface area contributed by atoms with Crippen molar-refractivity contribution in [2.24, 2.45) is 5.92 Å². The molecule has 178 valence electrons. The largest absolute Gasteiger partial charge is 0.396 e. The van der Waals surface area contributed by atoms with Gasteiger partial charge in [-0.3, -0.25) is 9.78 Å². The zero-order valence-electron chi connectivity index (χ0n) is 19.7. The Morgan fingerprint density at radius 1 is 1.21 bits per heavy atom. The molecule has 2 aliphatic heterocycles. The van der Waals surface area contributed by atoms with Crippen molar-refractivity contribution in [2.45, 2.75) is 56.6 Å². The predicted molar refractivity (Wildman–Crippen MR) is 133 cm³/mol.